The lowest BCUT2D eigenvalue weighted by molar-refractivity contribution is -0.241. The zero-order valence-corrected chi connectivity index (χ0v) is 28.0. The second-order valence-corrected chi connectivity index (χ2v) is 16.8. The highest BCUT2D eigenvalue weighted by molar-refractivity contribution is 5.87. The van der Waals surface area contributed by atoms with E-state index in [0.717, 1.165) is 44.9 Å². The minimum Gasteiger partial charge on any atom is -0.504 e. The Kier molecular flexibility index (Phi) is 8.06. The molecule has 1 aromatic carbocycles. The van der Waals surface area contributed by atoms with Crippen LogP contribution in [0.5, 0.6) is 11.5 Å². The SMILES string of the molecule is COc1cc(/C=C\C(=O)O[C@H]2[C@H](O)C[C@@]3(C)[C@@H](CC[C@]4(C)[C@@H]3CC=C3[C@@H](O)[C@]5(CC[C@H]34)CCC(C)(C)C5)[C@]2(C)CO)ccc1O. The highest BCUT2D eigenvalue weighted by Gasteiger charge is 2.67. The molecule has 0 heterocycles. The Labute approximate surface area is 268 Å². The number of hydrogen-bond acceptors (Lipinski definition) is 7. The van der Waals surface area contributed by atoms with Crippen LogP contribution in [-0.2, 0) is 9.53 Å². The molecule has 10 atom stereocenters. The predicted molar refractivity (Wildman–Crippen MR) is 173 cm³/mol. The molecule has 0 aromatic heterocycles. The van der Waals surface area contributed by atoms with Crippen LogP contribution in [0.25, 0.3) is 6.08 Å². The molecule has 0 aliphatic heterocycles. The fourth-order valence-corrected chi connectivity index (χ4v) is 11.7. The summed E-state index contributed by atoms with van der Waals surface area (Å²) in [5, 5.41) is 44.4. The molecule has 248 valence electrons. The van der Waals surface area contributed by atoms with Crippen molar-refractivity contribution >= 4 is 12.0 Å². The van der Waals surface area contributed by atoms with Crippen LogP contribution in [0.2, 0.25) is 0 Å². The van der Waals surface area contributed by atoms with Gasteiger partial charge in [0.1, 0.15) is 6.10 Å². The molecule has 0 amide bonds. The maximum atomic E-state index is 13.1. The molecule has 1 aromatic rings. The second-order valence-electron chi connectivity index (χ2n) is 16.8. The number of esters is 1. The van der Waals surface area contributed by atoms with Gasteiger partial charge in [0.2, 0.25) is 0 Å². The van der Waals surface area contributed by atoms with Crippen molar-refractivity contribution in [3.8, 4) is 11.5 Å². The van der Waals surface area contributed by atoms with E-state index in [4.69, 9.17) is 9.47 Å². The Balaban J connectivity index is 1.23. The second kappa shape index (κ2) is 11.1. The third kappa shape index (κ3) is 5.07. The normalized spacial score (nSPS) is 43.7. The molecule has 45 heavy (non-hydrogen) atoms. The number of phenolic OH excluding ortho intramolecular Hbond substituents is 1. The molecule has 0 saturated heterocycles. The number of aliphatic hydroxyl groups is 3. The lowest BCUT2D eigenvalue weighted by atomic mass is 9.37. The first-order valence-corrected chi connectivity index (χ1v) is 17.1. The third-order valence-corrected chi connectivity index (χ3v) is 13.7. The van der Waals surface area contributed by atoms with Crippen molar-refractivity contribution in [1.82, 2.24) is 0 Å². The van der Waals surface area contributed by atoms with Crippen molar-refractivity contribution < 1.29 is 34.7 Å². The fraction of sp³-hybridized carbons (Fsp3) is 0.711. The van der Waals surface area contributed by atoms with E-state index in [0.29, 0.717) is 29.6 Å². The molecule has 0 bridgehead atoms. The molecular formula is C38H54O7. The maximum Gasteiger partial charge on any atom is 0.331 e. The highest BCUT2D eigenvalue weighted by atomic mass is 16.6. The summed E-state index contributed by atoms with van der Waals surface area (Å²) in [7, 11) is 1.46. The summed E-state index contributed by atoms with van der Waals surface area (Å²) in [6, 6.07) is 4.80. The summed E-state index contributed by atoms with van der Waals surface area (Å²) in [4.78, 5) is 13.1. The van der Waals surface area contributed by atoms with Gasteiger partial charge in [0.25, 0.3) is 0 Å². The molecule has 4 N–H and O–H groups in total. The fourth-order valence-electron chi connectivity index (χ4n) is 11.7. The quantitative estimate of drug-likeness (QED) is 0.170. The number of rotatable bonds is 5. The number of methoxy groups -OCH3 is 1. The van der Waals surface area contributed by atoms with Gasteiger partial charge < -0.3 is 29.9 Å². The summed E-state index contributed by atoms with van der Waals surface area (Å²) >= 11 is 0. The monoisotopic (exact) mass is 622 g/mol. The van der Waals surface area contributed by atoms with Crippen molar-refractivity contribution in [2.45, 2.75) is 111 Å². The van der Waals surface area contributed by atoms with Crippen molar-refractivity contribution in [2.75, 3.05) is 13.7 Å². The van der Waals surface area contributed by atoms with E-state index >= 15 is 0 Å². The van der Waals surface area contributed by atoms with Gasteiger partial charge in [-0.25, -0.2) is 4.79 Å². The smallest absolute Gasteiger partial charge is 0.331 e. The number of hydrogen-bond donors (Lipinski definition) is 4. The first kappa shape index (κ1) is 32.6. The van der Waals surface area contributed by atoms with E-state index in [1.54, 1.807) is 18.2 Å². The third-order valence-electron chi connectivity index (χ3n) is 13.7. The van der Waals surface area contributed by atoms with Crippen LogP contribution in [0.4, 0.5) is 0 Å². The first-order valence-electron chi connectivity index (χ1n) is 17.1. The Bertz CT molecular complexity index is 1380. The zero-order valence-electron chi connectivity index (χ0n) is 28.0. The van der Waals surface area contributed by atoms with Crippen molar-refractivity contribution in [3.05, 3.63) is 41.5 Å². The van der Waals surface area contributed by atoms with Crippen LogP contribution in [0.15, 0.2) is 35.9 Å². The van der Waals surface area contributed by atoms with E-state index in [1.807, 2.05) is 6.92 Å². The lowest BCUT2D eigenvalue weighted by Gasteiger charge is -2.68. The number of carbonyl (C=O) groups excluding carboxylic acids is 1. The van der Waals surface area contributed by atoms with Gasteiger partial charge in [0.15, 0.2) is 11.5 Å². The Morgan fingerprint density at radius 3 is 2.42 bits per heavy atom. The molecular weight excluding hydrogens is 568 g/mol. The van der Waals surface area contributed by atoms with E-state index in [2.05, 4.69) is 33.8 Å². The largest absolute Gasteiger partial charge is 0.504 e. The standard InChI is InChI=1S/C38H54O7/c1-34(2)17-18-38(21-34)16-13-25-24(32(38)43)9-11-29-35(25,3)15-14-30-36(29,4)20-27(41)33(37(30,5)22-39)45-31(42)12-8-23-7-10-26(40)28(19-23)44-6/h7-10,12,19,25,27,29-30,32-33,39-41,43H,11,13-18,20-22H2,1-6H3/b12-8-/t25-,27-,29+,30-,32-,33+,35+,36-,37+,38-/m1/s1. The van der Waals surface area contributed by atoms with Gasteiger partial charge in [-0.3, -0.25) is 0 Å². The van der Waals surface area contributed by atoms with E-state index in [1.165, 1.54) is 31.2 Å². The van der Waals surface area contributed by atoms with Crippen LogP contribution in [0.1, 0.15) is 98.0 Å². The van der Waals surface area contributed by atoms with E-state index < -0.39 is 23.6 Å². The van der Waals surface area contributed by atoms with Crippen molar-refractivity contribution in [2.24, 2.45) is 44.8 Å². The van der Waals surface area contributed by atoms with Gasteiger partial charge in [-0.05, 0) is 121 Å². The number of phenols is 1. The van der Waals surface area contributed by atoms with Gasteiger partial charge in [-0.1, -0.05) is 46.8 Å². The Hall–Kier alpha value is -2.35. The lowest BCUT2D eigenvalue weighted by Crippen LogP contribution is -2.67. The van der Waals surface area contributed by atoms with Gasteiger partial charge >= 0.3 is 5.97 Å². The number of carbonyl (C=O) groups is 1. The Morgan fingerprint density at radius 1 is 1.00 bits per heavy atom. The maximum absolute atomic E-state index is 13.1. The number of fused-ring (bicyclic) bond motifs is 5. The number of benzene rings is 1. The summed E-state index contributed by atoms with van der Waals surface area (Å²) in [6.07, 6.45) is 11.9. The summed E-state index contributed by atoms with van der Waals surface area (Å²) in [6.45, 7) is 11.2. The number of aromatic hydroxyl groups is 1. The highest BCUT2D eigenvalue weighted by Crippen LogP contribution is 2.71. The molecule has 6 rings (SSSR count). The first-order chi connectivity index (χ1) is 21.1. The molecule has 7 heteroatoms. The molecule has 1 spiro atoms. The van der Waals surface area contributed by atoms with Crippen LogP contribution in [-0.4, -0.2) is 58.4 Å². The topological polar surface area (TPSA) is 116 Å². The summed E-state index contributed by atoms with van der Waals surface area (Å²) < 4.78 is 11.1. The van der Waals surface area contributed by atoms with Gasteiger partial charge in [0.05, 0.1) is 25.9 Å². The minimum absolute atomic E-state index is 0.000440. The van der Waals surface area contributed by atoms with E-state index in [9.17, 15) is 25.2 Å². The average Bonchev–Trinajstić information content (AvgIpc) is 3.31. The minimum atomic E-state index is -0.914. The molecule has 5 aliphatic carbocycles. The molecule has 0 unspecified atom stereocenters. The van der Waals surface area contributed by atoms with Gasteiger partial charge in [-0.2, -0.15) is 0 Å². The van der Waals surface area contributed by atoms with E-state index in [-0.39, 0.29) is 46.0 Å². The average molecular weight is 623 g/mol. The van der Waals surface area contributed by atoms with Crippen LogP contribution in [0, 0.1) is 44.8 Å². The number of allylic oxidation sites excluding steroid dienone is 1. The zero-order chi connectivity index (χ0) is 32.6. The van der Waals surface area contributed by atoms with Gasteiger partial charge in [-0.15, -0.1) is 0 Å². The van der Waals surface area contributed by atoms with Gasteiger partial charge in [0, 0.05) is 16.9 Å². The molecule has 0 radical (unpaired) electrons. The van der Waals surface area contributed by atoms with Crippen LogP contribution in [0.3, 0.4) is 0 Å². The van der Waals surface area contributed by atoms with Crippen LogP contribution >= 0.6 is 0 Å². The Morgan fingerprint density at radius 2 is 1.76 bits per heavy atom. The van der Waals surface area contributed by atoms with Crippen molar-refractivity contribution in [3.63, 3.8) is 0 Å². The predicted octanol–water partition coefficient (Wildman–Crippen LogP) is 6.43. The molecule has 5 aliphatic rings. The number of ether oxygens (including phenoxy) is 2. The molecule has 4 saturated carbocycles. The van der Waals surface area contributed by atoms with Crippen molar-refractivity contribution in [1.29, 1.82) is 0 Å². The number of aliphatic hydroxyl groups excluding tert-OH is 3. The summed E-state index contributed by atoms with van der Waals surface area (Å²) in [5.74, 6) is 0.416. The van der Waals surface area contributed by atoms with Crippen LogP contribution < -0.4 is 4.74 Å². The molecule has 7 nitrogen and oxygen atoms in total. The summed E-state index contributed by atoms with van der Waals surface area (Å²) in [5.41, 5.74) is 1.15. The molecule has 4 fully saturated rings.